The van der Waals surface area contributed by atoms with Gasteiger partial charge in [-0.25, -0.2) is 8.42 Å². The van der Waals surface area contributed by atoms with Crippen LogP contribution in [-0.4, -0.2) is 30.4 Å². The average Bonchev–Trinajstić information content (AvgIpc) is 3.42. The second kappa shape index (κ2) is 10.6. The van der Waals surface area contributed by atoms with Crippen molar-refractivity contribution in [3.63, 3.8) is 0 Å². The van der Waals surface area contributed by atoms with E-state index in [1.54, 1.807) is 0 Å². The van der Waals surface area contributed by atoms with Crippen molar-refractivity contribution in [1.82, 2.24) is 0 Å². The van der Waals surface area contributed by atoms with Gasteiger partial charge in [0.2, 0.25) is 0 Å². The van der Waals surface area contributed by atoms with Gasteiger partial charge in [0.15, 0.2) is 0 Å². The van der Waals surface area contributed by atoms with Crippen LogP contribution >= 0.6 is 0 Å². The van der Waals surface area contributed by atoms with Crippen molar-refractivity contribution in [2.75, 3.05) is 6.61 Å². The minimum absolute atomic E-state index is 0. The van der Waals surface area contributed by atoms with Crippen molar-refractivity contribution in [2.24, 2.45) is 0 Å². The fourth-order valence-electron chi connectivity index (χ4n) is 2.95. The molecule has 1 saturated carbocycles. The molecule has 7 heteroatoms. The first-order chi connectivity index (χ1) is 12.5. The third-order valence-electron chi connectivity index (χ3n) is 4.68. The predicted molar refractivity (Wildman–Crippen MR) is 97.4 cm³/mol. The Balaban J connectivity index is 0.00000261. The summed E-state index contributed by atoms with van der Waals surface area (Å²) >= 11 is 0. The van der Waals surface area contributed by atoms with Crippen molar-refractivity contribution < 1.29 is 73.8 Å². The van der Waals surface area contributed by atoms with Gasteiger partial charge in [0, 0.05) is 0 Å². The molecule has 1 fully saturated rings. The largest absolute Gasteiger partial charge is 1.00 e. The standard InChI is InChI=1S/C20H24O5S.K/c21-26(22,23)20(11-12-20)13-19(25-15-18-9-5-2-6-10-18)16-24-14-17-7-3-1-4-8-17;/h1-10,19H,11-16H2,(H,21,22,23);/q;+1/p-1/t19-;/m0./s1. The minimum Gasteiger partial charge on any atom is -0.748 e. The van der Waals surface area contributed by atoms with Crippen molar-refractivity contribution in [1.29, 1.82) is 0 Å². The van der Waals surface area contributed by atoms with Gasteiger partial charge in [-0.2, -0.15) is 0 Å². The van der Waals surface area contributed by atoms with Gasteiger partial charge in [0.05, 0.1) is 30.7 Å². The molecule has 0 bridgehead atoms. The summed E-state index contributed by atoms with van der Waals surface area (Å²) in [6.45, 7) is 1.03. The maximum atomic E-state index is 11.6. The molecule has 0 N–H and O–H groups in total. The van der Waals surface area contributed by atoms with Gasteiger partial charge < -0.3 is 14.0 Å². The number of ether oxygens (including phenoxy) is 2. The van der Waals surface area contributed by atoms with Crippen molar-refractivity contribution >= 4 is 10.1 Å². The number of rotatable bonds is 10. The van der Waals surface area contributed by atoms with E-state index >= 15 is 0 Å². The molecule has 1 atom stereocenters. The molecule has 0 unspecified atom stereocenters. The first-order valence-corrected chi connectivity index (χ1v) is 10.1. The van der Waals surface area contributed by atoms with Gasteiger partial charge in [0.25, 0.3) is 0 Å². The van der Waals surface area contributed by atoms with Gasteiger partial charge >= 0.3 is 51.4 Å². The summed E-state index contributed by atoms with van der Waals surface area (Å²) in [7, 11) is -4.33. The molecule has 140 valence electrons. The van der Waals surface area contributed by atoms with Crippen molar-refractivity contribution in [2.45, 2.75) is 43.3 Å². The molecule has 1 aliphatic rings. The van der Waals surface area contributed by atoms with Crippen molar-refractivity contribution in [3.05, 3.63) is 71.8 Å². The zero-order chi connectivity index (χ0) is 18.5. The second-order valence-electron chi connectivity index (χ2n) is 6.76. The normalized spacial score (nSPS) is 16.3. The van der Waals surface area contributed by atoms with Crippen LogP contribution in [0.1, 0.15) is 30.4 Å². The van der Waals surface area contributed by atoms with Gasteiger partial charge in [-0.1, -0.05) is 60.7 Å². The summed E-state index contributed by atoms with van der Waals surface area (Å²) in [6, 6.07) is 19.4. The van der Waals surface area contributed by atoms with E-state index in [0.29, 0.717) is 26.1 Å². The molecule has 0 aromatic heterocycles. The van der Waals surface area contributed by atoms with Gasteiger partial charge in [-0.15, -0.1) is 0 Å². The molecule has 0 radical (unpaired) electrons. The van der Waals surface area contributed by atoms with Crippen molar-refractivity contribution in [3.8, 4) is 0 Å². The summed E-state index contributed by atoms with van der Waals surface area (Å²) in [5.74, 6) is 0. The summed E-state index contributed by atoms with van der Waals surface area (Å²) in [5, 5.41) is 0. The van der Waals surface area contributed by atoms with Gasteiger partial charge in [-0.05, 0) is 30.4 Å². The molecule has 5 nitrogen and oxygen atoms in total. The van der Waals surface area contributed by atoms with Crippen LogP contribution in [0, 0.1) is 0 Å². The fraction of sp³-hybridized carbons (Fsp3) is 0.400. The van der Waals surface area contributed by atoms with E-state index in [1.165, 1.54) is 0 Å². The Morgan fingerprint density at radius 1 is 0.926 bits per heavy atom. The Hall–Kier alpha value is -0.0936. The number of benzene rings is 2. The Bertz CT molecular complexity index is 792. The molecule has 0 amide bonds. The minimum atomic E-state index is -4.33. The molecule has 3 rings (SSSR count). The Labute approximate surface area is 203 Å². The first-order valence-electron chi connectivity index (χ1n) is 8.71. The second-order valence-corrected chi connectivity index (χ2v) is 8.53. The third kappa shape index (κ3) is 7.03. The van der Waals surface area contributed by atoms with Crippen LogP contribution in [0.4, 0.5) is 0 Å². The molecule has 27 heavy (non-hydrogen) atoms. The maximum Gasteiger partial charge on any atom is 1.00 e. The van der Waals surface area contributed by atoms with E-state index in [9.17, 15) is 13.0 Å². The molecular formula is C20H23KO5S. The Morgan fingerprint density at radius 3 is 1.93 bits per heavy atom. The van der Waals surface area contributed by atoms with E-state index in [1.807, 2.05) is 60.7 Å². The summed E-state index contributed by atoms with van der Waals surface area (Å²) < 4.78 is 45.2. The van der Waals surface area contributed by atoms with Crippen LogP contribution in [0.15, 0.2) is 60.7 Å². The van der Waals surface area contributed by atoms with E-state index in [2.05, 4.69) is 0 Å². The first kappa shape index (κ1) is 23.2. The van der Waals surface area contributed by atoms with E-state index in [0.717, 1.165) is 11.1 Å². The predicted octanol–water partition coefficient (Wildman–Crippen LogP) is 0.261. The molecule has 0 aliphatic heterocycles. The molecule has 0 heterocycles. The SMILES string of the molecule is O=S(=O)([O-])C1(C[C@@H](COCc2ccccc2)OCc2ccccc2)CC1.[K+]. The third-order valence-corrected chi connectivity index (χ3v) is 6.32. The molecular weight excluding hydrogens is 391 g/mol. The molecule has 0 spiro atoms. The molecule has 1 aliphatic carbocycles. The van der Waals surface area contributed by atoms with E-state index in [-0.39, 0.29) is 64.4 Å². The zero-order valence-electron chi connectivity index (χ0n) is 15.5. The van der Waals surface area contributed by atoms with Crippen LogP contribution in [0.3, 0.4) is 0 Å². The van der Waals surface area contributed by atoms with Gasteiger partial charge in [0.1, 0.15) is 10.1 Å². The molecule has 0 saturated heterocycles. The summed E-state index contributed by atoms with van der Waals surface area (Å²) in [6.07, 6.45) is 0.552. The van der Waals surface area contributed by atoms with Crippen LogP contribution in [0.5, 0.6) is 0 Å². The smallest absolute Gasteiger partial charge is 0.748 e. The molecule has 2 aromatic carbocycles. The van der Waals surface area contributed by atoms with Crippen LogP contribution in [0.25, 0.3) is 0 Å². The topological polar surface area (TPSA) is 75.7 Å². The Kier molecular flexibility index (Phi) is 9.12. The fourth-order valence-corrected chi connectivity index (χ4v) is 3.94. The summed E-state index contributed by atoms with van der Waals surface area (Å²) in [4.78, 5) is 0. The van der Waals surface area contributed by atoms with Crippen LogP contribution < -0.4 is 51.4 Å². The average molecular weight is 415 g/mol. The van der Waals surface area contributed by atoms with Gasteiger partial charge in [-0.3, -0.25) is 0 Å². The number of hydrogen-bond acceptors (Lipinski definition) is 5. The van der Waals surface area contributed by atoms with Crippen LogP contribution in [0.2, 0.25) is 0 Å². The number of hydrogen-bond donors (Lipinski definition) is 0. The Morgan fingerprint density at radius 2 is 1.44 bits per heavy atom. The maximum absolute atomic E-state index is 11.6. The van der Waals surface area contributed by atoms with Crippen LogP contribution in [-0.2, 0) is 32.8 Å². The monoisotopic (exact) mass is 414 g/mol. The van der Waals surface area contributed by atoms with E-state index in [4.69, 9.17) is 9.47 Å². The van der Waals surface area contributed by atoms with E-state index < -0.39 is 21.0 Å². The molecule has 2 aromatic rings. The quantitative estimate of drug-likeness (QED) is 0.412. The summed E-state index contributed by atoms with van der Waals surface area (Å²) in [5.41, 5.74) is 2.03. The zero-order valence-corrected chi connectivity index (χ0v) is 19.5.